The van der Waals surface area contributed by atoms with E-state index in [0.717, 1.165) is 5.75 Å². The Bertz CT molecular complexity index is 738. The number of hydrogen-bond acceptors (Lipinski definition) is 6. The van der Waals surface area contributed by atoms with Gasteiger partial charge in [-0.1, -0.05) is 24.3 Å². The third-order valence-electron chi connectivity index (χ3n) is 3.39. The number of methoxy groups -OCH3 is 1. The lowest BCUT2D eigenvalue weighted by molar-refractivity contribution is -0.120. The van der Waals surface area contributed by atoms with Crippen LogP contribution in [0.15, 0.2) is 54.6 Å². The molecule has 2 rings (SSSR count). The number of anilines is 2. The molecule has 0 aromatic heterocycles. The molecule has 0 fully saturated rings. The van der Waals surface area contributed by atoms with E-state index in [1.54, 1.807) is 24.3 Å². The Morgan fingerprint density at radius 3 is 2.36 bits per heavy atom. The van der Waals surface area contributed by atoms with Crippen molar-refractivity contribution in [1.82, 2.24) is 0 Å². The molecular weight excluding hydrogens is 364 g/mol. The molecule has 0 aliphatic rings. The standard InChI is InChI=1S/C20H24N2O6/c1-25-10-12-28-20(24)22-17-7-5-6-16(14-17)21-19(23)15-26-11-13-27-18-8-3-2-4-9-18/h2-9,14H,10-13,15H2,1H3,(H,21,23)(H,22,24). The molecule has 0 aliphatic heterocycles. The van der Waals surface area contributed by atoms with Crippen LogP contribution in [0.4, 0.5) is 16.2 Å². The first-order valence-corrected chi connectivity index (χ1v) is 8.75. The summed E-state index contributed by atoms with van der Waals surface area (Å²) in [4.78, 5) is 23.6. The van der Waals surface area contributed by atoms with Gasteiger partial charge in [0.05, 0.1) is 13.2 Å². The molecule has 0 saturated carbocycles. The van der Waals surface area contributed by atoms with Gasteiger partial charge < -0.3 is 24.3 Å². The summed E-state index contributed by atoms with van der Waals surface area (Å²) in [6.07, 6.45) is -0.595. The topological polar surface area (TPSA) is 95.1 Å². The molecular formula is C20H24N2O6. The minimum Gasteiger partial charge on any atom is -0.491 e. The molecule has 8 nitrogen and oxygen atoms in total. The first-order valence-electron chi connectivity index (χ1n) is 8.75. The largest absolute Gasteiger partial charge is 0.491 e. The maximum Gasteiger partial charge on any atom is 0.411 e. The minimum absolute atomic E-state index is 0.102. The van der Waals surface area contributed by atoms with Crippen LogP contribution < -0.4 is 15.4 Å². The number of rotatable bonds is 11. The van der Waals surface area contributed by atoms with Crippen LogP contribution in [-0.2, 0) is 19.0 Å². The van der Waals surface area contributed by atoms with Gasteiger partial charge in [-0.15, -0.1) is 0 Å². The predicted octanol–water partition coefficient (Wildman–Crippen LogP) is 2.92. The zero-order valence-electron chi connectivity index (χ0n) is 15.7. The molecule has 8 heteroatoms. The zero-order chi connectivity index (χ0) is 20.0. The summed E-state index contributed by atoms with van der Waals surface area (Å²) in [7, 11) is 1.52. The summed E-state index contributed by atoms with van der Waals surface area (Å²) in [5.74, 6) is 0.445. The van der Waals surface area contributed by atoms with Crippen molar-refractivity contribution in [3.05, 3.63) is 54.6 Å². The number of nitrogens with one attached hydrogen (secondary N) is 2. The lowest BCUT2D eigenvalue weighted by atomic mass is 10.3. The van der Waals surface area contributed by atoms with Crippen LogP contribution in [-0.4, -0.2) is 52.1 Å². The Labute approximate surface area is 163 Å². The smallest absolute Gasteiger partial charge is 0.411 e. The molecule has 0 saturated heterocycles. The first kappa shape index (κ1) is 21.2. The average Bonchev–Trinajstić information content (AvgIpc) is 2.69. The summed E-state index contributed by atoms with van der Waals surface area (Å²) in [5, 5.41) is 5.27. The van der Waals surface area contributed by atoms with Crippen LogP contribution in [0.25, 0.3) is 0 Å². The van der Waals surface area contributed by atoms with Gasteiger partial charge in [-0.25, -0.2) is 4.79 Å². The van der Waals surface area contributed by atoms with Crippen LogP contribution >= 0.6 is 0 Å². The molecule has 28 heavy (non-hydrogen) atoms. The van der Waals surface area contributed by atoms with Gasteiger partial charge in [0.25, 0.3) is 0 Å². The van der Waals surface area contributed by atoms with Crippen molar-refractivity contribution in [2.75, 3.05) is 50.8 Å². The first-order chi connectivity index (χ1) is 13.7. The molecule has 2 N–H and O–H groups in total. The molecule has 150 valence electrons. The molecule has 2 aromatic carbocycles. The monoisotopic (exact) mass is 388 g/mol. The highest BCUT2D eigenvalue weighted by Gasteiger charge is 2.06. The van der Waals surface area contributed by atoms with E-state index in [4.69, 9.17) is 18.9 Å². The second kappa shape index (κ2) is 12.3. The summed E-state index contributed by atoms with van der Waals surface area (Å²) in [6, 6.07) is 16.1. The van der Waals surface area contributed by atoms with Gasteiger partial charge in [0, 0.05) is 18.5 Å². The normalized spacial score (nSPS) is 10.2. The lowest BCUT2D eigenvalue weighted by Gasteiger charge is -2.10. The van der Waals surface area contributed by atoms with Crippen LogP contribution in [0.2, 0.25) is 0 Å². The molecule has 0 aliphatic carbocycles. The van der Waals surface area contributed by atoms with E-state index in [2.05, 4.69) is 10.6 Å². The third kappa shape index (κ3) is 8.52. The molecule has 0 unspecified atom stereocenters. The maximum absolute atomic E-state index is 12.0. The number of hydrogen-bond donors (Lipinski definition) is 2. The van der Waals surface area contributed by atoms with Gasteiger partial charge >= 0.3 is 6.09 Å². The molecule has 0 bridgehead atoms. The Morgan fingerprint density at radius 1 is 0.857 bits per heavy atom. The fourth-order valence-corrected chi connectivity index (χ4v) is 2.14. The summed E-state index contributed by atoms with van der Waals surface area (Å²) < 4.78 is 20.5. The molecule has 0 atom stereocenters. The Kier molecular flexibility index (Phi) is 9.33. The van der Waals surface area contributed by atoms with Gasteiger partial charge in [0.1, 0.15) is 25.6 Å². The fourth-order valence-electron chi connectivity index (χ4n) is 2.14. The van der Waals surface area contributed by atoms with Crippen molar-refractivity contribution in [2.45, 2.75) is 0 Å². The van der Waals surface area contributed by atoms with Crippen molar-refractivity contribution < 1.29 is 28.5 Å². The Hall–Kier alpha value is -3.10. The van der Waals surface area contributed by atoms with E-state index in [0.29, 0.717) is 24.6 Å². The van der Waals surface area contributed by atoms with Gasteiger partial charge in [0.15, 0.2) is 0 Å². The van der Waals surface area contributed by atoms with Gasteiger partial charge in [-0.2, -0.15) is 0 Å². The van der Waals surface area contributed by atoms with E-state index in [-0.39, 0.29) is 25.7 Å². The zero-order valence-corrected chi connectivity index (χ0v) is 15.7. The highest BCUT2D eigenvalue weighted by molar-refractivity contribution is 5.93. The molecule has 2 aromatic rings. The lowest BCUT2D eigenvalue weighted by Crippen LogP contribution is -2.20. The van der Waals surface area contributed by atoms with Gasteiger partial charge in [-0.05, 0) is 30.3 Å². The molecule has 0 spiro atoms. The minimum atomic E-state index is -0.595. The number of carbonyl (C=O) groups is 2. The Morgan fingerprint density at radius 2 is 1.61 bits per heavy atom. The highest BCUT2D eigenvalue weighted by Crippen LogP contribution is 2.15. The molecule has 0 heterocycles. The Balaban J connectivity index is 1.66. The van der Waals surface area contributed by atoms with E-state index in [1.807, 2.05) is 30.3 Å². The quantitative estimate of drug-likeness (QED) is 0.575. The average molecular weight is 388 g/mol. The van der Waals surface area contributed by atoms with Gasteiger partial charge in [0.2, 0.25) is 5.91 Å². The maximum atomic E-state index is 12.0. The number of benzene rings is 2. The summed E-state index contributed by atoms with van der Waals surface area (Å²) in [5.41, 5.74) is 1.03. The number of para-hydroxylation sites is 1. The summed E-state index contributed by atoms with van der Waals surface area (Å²) >= 11 is 0. The summed E-state index contributed by atoms with van der Waals surface area (Å²) in [6.45, 7) is 1.01. The highest BCUT2D eigenvalue weighted by atomic mass is 16.6. The van der Waals surface area contributed by atoms with Crippen LogP contribution in [0, 0.1) is 0 Å². The second-order valence-electron chi connectivity index (χ2n) is 5.60. The third-order valence-corrected chi connectivity index (χ3v) is 3.39. The van der Waals surface area contributed by atoms with Crippen molar-refractivity contribution in [3.8, 4) is 5.75 Å². The van der Waals surface area contributed by atoms with Crippen LogP contribution in [0.1, 0.15) is 0 Å². The van der Waals surface area contributed by atoms with Crippen molar-refractivity contribution in [2.24, 2.45) is 0 Å². The SMILES string of the molecule is COCCOC(=O)Nc1cccc(NC(=O)COCCOc2ccccc2)c1. The van der Waals surface area contributed by atoms with E-state index < -0.39 is 6.09 Å². The number of ether oxygens (including phenoxy) is 4. The van der Waals surface area contributed by atoms with Gasteiger partial charge in [-0.3, -0.25) is 10.1 Å². The predicted molar refractivity (Wildman–Crippen MR) is 105 cm³/mol. The number of carbonyl (C=O) groups excluding carboxylic acids is 2. The second-order valence-corrected chi connectivity index (χ2v) is 5.60. The molecule has 2 amide bonds. The fraction of sp³-hybridized carbons (Fsp3) is 0.300. The van der Waals surface area contributed by atoms with Crippen LogP contribution in [0.5, 0.6) is 5.75 Å². The number of amides is 2. The molecule has 0 radical (unpaired) electrons. The van der Waals surface area contributed by atoms with Crippen molar-refractivity contribution >= 4 is 23.4 Å². The van der Waals surface area contributed by atoms with Crippen molar-refractivity contribution in [3.63, 3.8) is 0 Å². The van der Waals surface area contributed by atoms with E-state index >= 15 is 0 Å². The van der Waals surface area contributed by atoms with Crippen LogP contribution in [0.3, 0.4) is 0 Å². The van der Waals surface area contributed by atoms with Crippen molar-refractivity contribution in [1.29, 1.82) is 0 Å². The van der Waals surface area contributed by atoms with E-state index in [9.17, 15) is 9.59 Å². The van der Waals surface area contributed by atoms with E-state index in [1.165, 1.54) is 7.11 Å².